The minimum Gasteiger partial charge on any atom is -0.342 e. The number of urea groups is 1. The molecule has 1 heterocycles. The molecule has 1 fully saturated rings. The molecule has 0 aliphatic carbocycles. The van der Waals surface area contributed by atoms with Crippen molar-refractivity contribution in [2.75, 3.05) is 25.0 Å². The van der Waals surface area contributed by atoms with Crippen LogP contribution in [0.2, 0.25) is 0 Å². The van der Waals surface area contributed by atoms with Gasteiger partial charge in [0.2, 0.25) is 5.91 Å². The Balaban J connectivity index is 1.69. The van der Waals surface area contributed by atoms with E-state index in [1.54, 1.807) is 0 Å². The molecule has 1 saturated heterocycles. The number of anilines is 1. The van der Waals surface area contributed by atoms with Crippen LogP contribution in [-0.2, 0) is 4.79 Å². The van der Waals surface area contributed by atoms with Crippen LogP contribution in [0.4, 0.5) is 10.5 Å². The fourth-order valence-electron chi connectivity index (χ4n) is 2.30. The van der Waals surface area contributed by atoms with Crippen LogP contribution in [0.25, 0.3) is 0 Å². The monoisotopic (exact) mass is 275 g/mol. The van der Waals surface area contributed by atoms with Gasteiger partial charge in [0, 0.05) is 31.7 Å². The average molecular weight is 275 g/mol. The summed E-state index contributed by atoms with van der Waals surface area (Å²) in [6, 6.07) is 9.11. The normalized spacial score (nSPS) is 16.1. The summed E-state index contributed by atoms with van der Waals surface area (Å²) in [5, 5.41) is 5.60. The lowest BCUT2D eigenvalue weighted by Crippen LogP contribution is -2.37. The number of benzene rings is 1. The molecule has 0 bridgehead atoms. The molecule has 1 atom stereocenters. The Kier molecular flexibility index (Phi) is 4.98. The van der Waals surface area contributed by atoms with Crippen LogP contribution >= 0.6 is 0 Å². The van der Waals surface area contributed by atoms with Crippen molar-refractivity contribution in [3.05, 3.63) is 30.3 Å². The minimum absolute atomic E-state index is 0.212. The lowest BCUT2D eigenvalue weighted by atomic mass is 10.1. The highest BCUT2D eigenvalue weighted by molar-refractivity contribution is 5.89. The van der Waals surface area contributed by atoms with Gasteiger partial charge in [-0.2, -0.15) is 0 Å². The number of carbonyl (C=O) groups is 2. The predicted octanol–water partition coefficient (Wildman–Crippen LogP) is 2.07. The van der Waals surface area contributed by atoms with Crippen molar-refractivity contribution in [1.82, 2.24) is 10.2 Å². The molecule has 5 heteroatoms. The number of hydrogen-bond acceptors (Lipinski definition) is 2. The Morgan fingerprint density at radius 1 is 1.35 bits per heavy atom. The van der Waals surface area contributed by atoms with Crippen molar-refractivity contribution in [3.8, 4) is 0 Å². The molecule has 2 N–H and O–H groups in total. The van der Waals surface area contributed by atoms with Crippen LogP contribution in [0, 0.1) is 5.92 Å². The molecule has 1 aliphatic heterocycles. The molecule has 0 spiro atoms. The number of likely N-dealkylation sites (tertiary alicyclic amines) is 1. The van der Waals surface area contributed by atoms with E-state index in [0.29, 0.717) is 19.5 Å². The number of rotatable bonds is 5. The van der Waals surface area contributed by atoms with E-state index in [4.69, 9.17) is 0 Å². The van der Waals surface area contributed by atoms with Crippen molar-refractivity contribution in [2.24, 2.45) is 5.92 Å². The van der Waals surface area contributed by atoms with Crippen molar-refractivity contribution < 1.29 is 9.59 Å². The number of nitrogens with one attached hydrogen (secondary N) is 2. The molecular weight excluding hydrogens is 254 g/mol. The lowest BCUT2D eigenvalue weighted by molar-refractivity contribution is -0.128. The topological polar surface area (TPSA) is 61.4 Å². The van der Waals surface area contributed by atoms with Gasteiger partial charge in [-0.05, 0) is 24.5 Å². The Labute approximate surface area is 119 Å². The molecule has 1 aliphatic rings. The predicted molar refractivity (Wildman–Crippen MR) is 78.4 cm³/mol. The Morgan fingerprint density at radius 3 is 2.75 bits per heavy atom. The van der Waals surface area contributed by atoms with E-state index in [9.17, 15) is 9.59 Å². The molecule has 3 amide bonds. The molecule has 1 aromatic rings. The Hall–Kier alpha value is -2.04. The van der Waals surface area contributed by atoms with E-state index >= 15 is 0 Å². The summed E-state index contributed by atoms with van der Waals surface area (Å²) in [6.07, 6.45) is 1.61. The lowest BCUT2D eigenvalue weighted by Gasteiger charge is -2.21. The number of hydrogen-bond donors (Lipinski definition) is 2. The highest BCUT2D eigenvalue weighted by Crippen LogP contribution is 2.11. The second kappa shape index (κ2) is 6.93. The third-order valence-corrected chi connectivity index (χ3v) is 3.35. The maximum Gasteiger partial charge on any atom is 0.319 e. The van der Waals surface area contributed by atoms with E-state index in [0.717, 1.165) is 18.7 Å². The van der Waals surface area contributed by atoms with Gasteiger partial charge < -0.3 is 15.5 Å². The fourth-order valence-corrected chi connectivity index (χ4v) is 2.30. The number of nitrogens with zero attached hydrogens (tertiary/aromatic N) is 1. The summed E-state index contributed by atoms with van der Waals surface area (Å²) in [5.41, 5.74) is 0.771. The van der Waals surface area contributed by atoms with E-state index < -0.39 is 0 Å². The first-order valence-corrected chi connectivity index (χ1v) is 7.03. The second-order valence-corrected chi connectivity index (χ2v) is 5.25. The zero-order chi connectivity index (χ0) is 14.4. The van der Waals surface area contributed by atoms with E-state index in [1.165, 1.54) is 0 Å². The van der Waals surface area contributed by atoms with Gasteiger partial charge in [0.05, 0.1) is 0 Å². The fraction of sp³-hybridized carbons (Fsp3) is 0.467. The van der Waals surface area contributed by atoms with Gasteiger partial charge in [-0.25, -0.2) is 4.79 Å². The third-order valence-electron chi connectivity index (χ3n) is 3.35. The molecule has 108 valence electrons. The number of amides is 3. The summed E-state index contributed by atoms with van der Waals surface area (Å²) in [4.78, 5) is 25.1. The summed E-state index contributed by atoms with van der Waals surface area (Å²) in [7, 11) is 0. The number of carbonyl (C=O) groups excluding carboxylic acids is 2. The van der Waals surface area contributed by atoms with E-state index in [1.807, 2.05) is 42.2 Å². The van der Waals surface area contributed by atoms with Crippen LogP contribution < -0.4 is 10.6 Å². The van der Waals surface area contributed by atoms with Crippen molar-refractivity contribution in [2.45, 2.75) is 19.8 Å². The number of para-hydroxylation sites is 1. The van der Waals surface area contributed by atoms with Crippen molar-refractivity contribution >= 4 is 17.6 Å². The summed E-state index contributed by atoms with van der Waals surface area (Å²) in [5.74, 6) is 0.476. The zero-order valence-corrected chi connectivity index (χ0v) is 11.8. The Morgan fingerprint density at radius 2 is 2.10 bits per heavy atom. The van der Waals surface area contributed by atoms with Gasteiger partial charge in [-0.15, -0.1) is 0 Å². The minimum atomic E-state index is -0.212. The van der Waals surface area contributed by atoms with Crippen LogP contribution in [0.1, 0.15) is 19.8 Å². The summed E-state index contributed by atoms with van der Waals surface area (Å²) in [6.45, 7) is 4.15. The van der Waals surface area contributed by atoms with Gasteiger partial charge >= 0.3 is 6.03 Å². The molecule has 0 saturated carbocycles. The molecular formula is C15H21N3O2. The van der Waals surface area contributed by atoms with Gasteiger partial charge in [-0.1, -0.05) is 25.1 Å². The first-order chi connectivity index (χ1) is 9.65. The second-order valence-electron chi connectivity index (χ2n) is 5.25. The van der Waals surface area contributed by atoms with Gasteiger partial charge in [0.25, 0.3) is 0 Å². The highest BCUT2D eigenvalue weighted by atomic mass is 16.2. The van der Waals surface area contributed by atoms with Crippen LogP contribution in [-0.4, -0.2) is 36.5 Å². The Bertz CT molecular complexity index is 461. The first kappa shape index (κ1) is 14.4. The maximum absolute atomic E-state index is 11.7. The molecule has 20 heavy (non-hydrogen) atoms. The van der Waals surface area contributed by atoms with Gasteiger partial charge in [0.15, 0.2) is 0 Å². The quantitative estimate of drug-likeness (QED) is 0.864. The zero-order valence-electron chi connectivity index (χ0n) is 11.8. The van der Waals surface area contributed by atoms with E-state index in [-0.39, 0.29) is 17.9 Å². The molecule has 5 nitrogen and oxygen atoms in total. The first-order valence-electron chi connectivity index (χ1n) is 7.03. The molecule has 2 rings (SSSR count). The SMILES string of the molecule is C[C@H](CNC(=O)Nc1ccccc1)CN1CCCC1=O. The molecule has 0 radical (unpaired) electrons. The van der Waals surface area contributed by atoms with Crippen molar-refractivity contribution in [1.29, 1.82) is 0 Å². The third kappa shape index (κ3) is 4.26. The smallest absolute Gasteiger partial charge is 0.319 e. The maximum atomic E-state index is 11.7. The van der Waals surface area contributed by atoms with Crippen molar-refractivity contribution in [3.63, 3.8) is 0 Å². The molecule has 0 unspecified atom stereocenters. The molecule has 1 aromatic carbocycles. The molecule has 0 aromatic heterocycles. The van der Waals surface area contributed by atoms with Crippen LogP contribution in [0.5, 0.6) is 0 Å². The van der Waals surface area contributed by atoms with E-state index in [2.05, 4.69) is 10.6 Å². The van der Waals surface area contributed by atoms with Crippen LogP contribution in [0.15, 0.2) is 30.3 Å². The van der Waals surface area contributed by atoms with Gasteiger partial charge in [-0.3, -0.25) is 4.79 Å². The summed E-state index contributed by atoms with van der Waals surface area (Å²) < 4.78 is 0. The standard InChI is InChI=1S/C15H21N3O2/c1-12(11-18-9-5-8-14(18)19)10-16-15(20)17-13-6-3-2-4-7-13/h2-4,6-7,12H,5,8-11H2,1H3,(H2,16,17,20)/t12-/m1/s1. The summed E-state index contributed by atoms with van der Waals surface area (Å²) >= 11 is 0. The van der Waals surface area contributed by atoms with Gasteiger partial charge in [0.1, 0.15) is 0 Å². The highest BCUT2D eigenvalue weighted by Gasteiger charge is 2.21. The largest absolute Gasteiger partial charge is 0.342 e. The average Bonchev–Trinajstić information content (AvgIpc) is 2.83. The van der Waals surface area contributed by atoms with Crippen LogP contribution in [0.3, 0.4) is 0 Å².